The fourth-order valence-electron chi connectivity index (χ4n) is 2.29. The number of fused-ring (bicyclic) bond motifs is 1. The van der Waals surface area contributed by atoms with E-state index in [2.05, 4.69) is 36.6 Å². The van der Waals surface area contributed by atoms with Crippen molar-refractivity contribution in [2.24, 2.45) is 11.8 Å². The Kier molecular flexibility index (Phi) is 2.85. The highest BCUT2D eigenvalue weighted by atomic mass is 15.2. The maximum absolute atomic E-state index is 5.47. The zero-order valence-electron chi connectivity index (χ0n) is 8.66. The van der Waals surface area contributed by atoms with Crippen molar-refractivity contribution < 1.29 is 0 Å². The van der Waals surface area contributed by atoms with Gasteiger partial charge in [-0.1, -0.05) is 24.3 Å². The lowest BCUT2D eigenvalue weighted by atomic mass is 9.81. The fraction of sp³-hybridized carbons (Fsp3) is 0.500. The van der Waals surface area contributed by atoms with Crippen LogP contribution in [0.4, 0.5) is 0 Å². The molecule has 0 amide bonds. The monoisotopic (exact) mass is 190 g/mol. The maximum atomic E-state index is 5.47. The van der Waals surface area contributed by atoms with Gasteiger partial charge in [-0.3, -0.25) is 11.3 Å². The number of nitrogens with one attached hydrogen (secondary N) is 1. The summed E-state index contributed by atoms with van der Waals surface area (Å²) < 4.78 is 0. The lowest BCUT2D eigenvalue weighted by Gasteiger charge is -2.28. The van der Waals surface area contributed by atoms with Gasteiger partial charge in [-0.05, 0) is 43.2 Å². The van der Waals surface area contributed by atoms with Crippen molar-refractivity contribution in [2.45, 2.75) is 32.2 Å². The molecule has 0 saturated heterocycles. The number of hydrogen-bond acceptors (Lipinski definition) is 2. The molecule has 1 aromatic carbocycles. The van der Waals surface area contributed by atoms with Crippen LogP contribution in [0.3, 0.4) is 0 Å². The zero-order valence-corrected chi connectivity index (χ0v) is 8.66. The first-order valence-electron chi connectivity index (χ1n) is 5.34. The Morgan fingerprint density at radius 1 is 1.36 bits per heavy atom. The summed E-state index contributed by atoms with van der Waals surface area (Å²) in [6.45, 7) is 2.17. The second-order valence-electron chi connectivity index (χ2n) is 4.23. The SMILES string of the molecule is CC(NN)C1CCc2ccccc2C1. The molecule has 0 radical (unpaired) electrons. The van der Waals surface area contributed by atoms with Crippen LogP contribution in [0.15, 0.2) is 24.3 Å². The van der Waals surface area contributed by atoms with E-state index in [4.69, 9.17) is 5.84 Å². The third-order valence-electron chi connectivity index (χ3n) is 3.35. The van der Waals surface area contributed by atoms with E-state index in [1.807, 2.05) is 0 Å². The Morgan fingerprint density at radius 3 is 2.79 bits per heavy atom. The van der Waals surface area contributed by atoms with E-state index in [1.54, 1.807) is 0 Å². The highest BCUT2D eigenvalue weighted by Crippen LogP contribution is 2.26. The molecule has 3 N–H and O–H groups in total. The van der Waals surface area contributed by atoms with E-state index >= 15 is 0 Å². The average molecular weight is 190 g/mol. The summed E-state index contributed by atoms with van der Waals surface area (Å²) in [4.78, 5) is 0. The molecule has 0 fully saturated rings. The summed E-state index contributed by atoms with van der Waals surface area (Å²) in [5, 5.41) is 0. The number of hydrazine groups is 1. The Morgan fingerprint density at radius 2 is 2.07 bits per heavy atom. The van der Waals surface area contributed by atoms with E-state index in [-0.39, 0.29) is 0 Å². The lowest BCUT2D eigenvalue weighted by Crippen LogP contribution is -2.40. The normalized spacial score (nSPS) is 22.9. The van der Waals surface area contributed by atoms with Crippen LogP contribution in [0.25, 0.3) is 0 Å². The maximum Gasteiger partial charge on any atom is 0.0213 e. The number of hydrogen-bond donors (Lipinski definition) is 2. The fourth-order valence-corrected chi connectivity index (χ4v) is 2.29. The third kappa shape index (κ3) is 1.81. The number of benzene rings is 1. The Labute approximate surface area is 85.5 Å². The zero-order chi connectivity index (χ0) is 9.97. The second-order valence-corrected chi connectivity index (χ2v) is 4.23. The summed E-state index contributed by atoms with van der Waals surface area (Å²) in [5.41, 5.74) is 5.89. The van der Waals surface area contributed by atoms with Crippen molar-refractivity contribution in [3.63, 3.8) is 0 Å². The molecular formula is C12H18N2. The van der Waals surface area contributed by atoms with E-state index in [0.717, 1.165) is 0 Å². The van der Waals surface area contributed by atoms with Gasteiger partial charge in [-0.15, -0.1) is 0 Å². The van der Waals surface area contributed by atoms with Gasteiger partial charge < -0.3 is 0 Å². The molecule has 1 aliphatic rings. The van der Waals surface area contributed by atoms with Crippen LogP contribution in [0.2, 0.25) is 0 Å². The molecule has 0 aromatic heterocycles. The van der Waals surface area contributed by atoms with Crippen LogP contribution in [-0.4, -0.2) is 6.04 Å². The van der Waals surface area contributed by atoms with Crippen LogP contribution in [-0.2, 0) is 12.8 Å². The van der Waals surface area contributed by atoms with E-state index in [0.29, 0.717) is 12.0 Å². The molecule has 1 aliphatic carbocycles. The van der Waals surface area contributed by atoms with Crippen LogP contribution in [0, 0.1) is 5.92 Å². The summed E-state index contributed by atoms with van der Waals surface area (Å²) in [7, 11) is 0. The summed E-state index contributed by atoms with van der Waals surface area (Å²) >= 11 is 0. The van der Waals surface area contributed by atoms with E-state index in [9.17, 15) is 0 Å². The van der Waals surface area contributed by atoms with Crippen molar-refractivity contribution >= 4 is 0 Å². The summed E-state index contributed by atoms with van der Waals surface area (Å²) in [6, 6.07) is 9.16. The average Bonchev–Trinajstić information content (AvgIpc) is 2.27. The molecule has 2 rings (SSSR count). The Hall–Kier alpha value is -0.860. The number of rotatable bonds is 2. The van der Waals surface area contributed by atoms with Crippen molar-refractivity contribution in [3.05, 3.63) is 35.4 Å². The van der Waals surface area contributed by atoms with Crippen molar-refractivity contribution in [2.75, 3.05) is 0 Å². The number of aryl methyl sites for hydroxylation is 1. The number of nitrogens with two attached hydrogens (primary N) is 1. The first-order valence-corrected chi connectivity index (χ1v) is 5.34. The predicted molar refractivity (Wildman–Crippen MR) is 58.7 cm³/mol. The predicted octanol–water partition coefficient (Wildman–Crippen LogP) is 1.64. The molecule has 0 heterocycles. The largest absolute Gasteiger partial charge is 0.271 e. The Bertz CT molecular complexity index is 309. The van der Waals surface area contributed by atoms with Crippen LogP contribution >= 0.6 is 0 Å². The van der Waals surface area contributed by atoms with Gasteiger partial charge in [0.05, 0.1) is 0 Å². The first-order chi connectivity index (χ1) is 6.81. The molecule has 1 aromatic rings. The molecule has 2 unspecified atom stereocenters. The van der Waals surface area contributed by atoms with Crippen molar-refractivity contribution in [3.8, 4) is 0 Å². The minimum atomic E-state index is 0.420. The van der Waals surface area contributed by atoms with Gasteiger partial charge in [0.1, 0.15) is 0 Å². The smallest absolute Gasteiger partial charge is 0.0213 e. The third-order valence-corrected chi connectivity index (χ3v) is 3.35. The Balaban J connectivity index is 2.13. The van der Waals surface area contributed by atoms with Gasteiger partial charge in [0.15, 0.2) is 0 Å². The molecule has 2 heteroatoms. The highest BCUT2D eigenvalue weighted by molar-refractivity contribution is 5.29. The van der Waals surface area contributed by atoms with Gasteiger partial charge in [0, 0.05) is 6.04 Å². The molecule has 0 bridgehead atoms. The minimum Gasteiger partial charge on any atom is -0.271 e. The molecular weight excluding hydrogens is 172 g/mol. The van der Waals surface area contributed by atoms with E-state index < -0.39 is 0 Å². The molecule has 0 saturated carbocycles. The lowest BCUT2D eigenvalue weighted by molar-refractivity contribution is 0.342. The van der Waals surface area contributed by atoms with Gasteiger partial charge in [-0.25, -0.2) is 0 Å². The molecule has 0 spiro atoms. The van der Waals surface area contributed by atoms with Gasteiger partial charge in [-0.2, -0.15) is 0 Å². The van der Waals surface area contributed by atoms with Gasteiger partial charge in [0.25, 0.3) is 0 Å². The van der Waals surface area contributed by atoms with Crippen molar-refractivity contribution in [1.82, 2.24) is 5.43 Å². The van der Waals surface area contributed by atoms with E-state index in [1.165, 1.54) is 30.4 Å². The summed E-state index contributed by atoms with van der Waals surface area (Å²) in [6.07, 6.45) is 3.62. The standard InChI is InChI=1S/C12H18N2/c1-9(14-13)11-7-6-10-4-2-3-5-12(10)8-11/h2-5,9,11,14H,6-8,13H2,1H3. The summed E-state index contributed by atoms with van der Waals surface area (Å²) in [5.74, 6) is 6.16. The van der Waals surface area contributed by atoms with Crippen LogP contribution < -0.4 is 11.3 Å². The van der Waals surface area contributed by atoms with Gasteiger partial charge >= 0.3 is 0 Å². The van der Waals surface area contributed by atoms with Gasteiger partial charge in [0.2, 0.25) is 0 Å². The first kappa shape index (κ1) is 9.69. The minimum absolute atomic E-state index is 0.420. The van der Waals surface area contributed by atoms with Crippen molar-refractivity contribution in [1.29, 1.82) is 0 Å². The van der Waals surface area contributed by atoms with Crippen LogP contribution in [0.5, 0.6) is 0 Å². The molecule has 2 atom stereocenters. The quantitative estimate of drug-likeness (QED) is 0.549. The highest BCUT2D eigenvalue weighted by Gasteiger charge is 2.22. The topological polar surface area (TPSA) is 38.0 Å². The van der Waals surface area contributed by atoms with Crippen LogP contribution in [0.1, 0.15) is 24.5 Å². The molecule has 0 aliphatic heterocycles. The molecule has 14 heavy (non-hydrogen) atoms. The molecule has 76 valence electrons. The molecule has 2 nitrogen and oxygen atoms in total. The second kappa shape index (κ2) is 4.11.